The molecule has 0 aromatic heterocycles. The Hall–Kier alpha value is -0.0800. The quantitative estimate of drug-likeness (QED) is 0.543. The maximum Gasteiger partial charge on any atom is 0.0553 e. The Morgan fingerprint density at radius 2 is 1.25 bits per heavy atom. The summed E-state index contributed by atoms with van der Waals surface area (Å²) in [6, 6.07) is 0. The summed E-state index contributed by atoms with van der Waals surface area (Å²) in [5.41, 5.74) is 4.78. The lowest BCUT2D eigenvalue weighted by Gasteiger charge is -1.71. The first kappa shape index (κ1) is 15.7. The molecule has 0 unspecified atom stereocenters. The topological polar surface area (TPSA) is 46.2 Å². The fraction of sp³-hybridized carbons (Fsp3) is 1.00. The standard InChI is InChI=1S/C2H7NO.2C2H6/c3-1-2-4;2*1-2/h4H,1-3H2;2*1-2H3. The van der Waals surface area contributed by atoms with Crippen LogP contribution in [0.5, 0.6) is 0 Å². The fourth-order valence-corrected chi connectivity index (χ4v) is 0. The van der Waals surface area contributed by atoms with Crippen LogP contribution in [-0.4, -0.2) is 18.3 Å². The molecule has 0 amide bonds. The summed E-state index contributed by atoms with van der Waals surface area (Å²) >= 11 is 0. The van der Waals surface area contributed by atoms with E-state index in [0.717, 1.165) is 0 Å². The average Bonchev–Trinajstić information content (AvgIpc) is 1.96. The van der Waals surface area contributed by atoms with Crippen LogP contribution in [0.2, 0.25) is 0 Å². The Morgan fingerprint density at radius 3 is 1.25 bits per heavy atom. The lowest BCUT2D eigenvalue weighted by Crippen LogP contribution is -2.02. The first-order chi connectivity index (χ1) is 3.91. The third kappa shape index (κ3) is 169. The van der Waals surface area contributed by atoms with Crippen molar-refractivity contribution in [1.82, 2.24) is 0 Å². The van der Waals surface area contributed by atoms with Crippen LogP contribution in [0.1, 0.15) is 27.7 Å². The highest BCUT2D eigenvalue weighted by atomic mass is 16.3. The SMILES string of the molecule is CC.CC.NCCO. The van der Waals surface area contributed by atoms with Gasteiger partial charge in [0.25, 0.3) is 0 Å². The van der Waals surface area contributed by atoms with E-state index in [0.29, 0.717) is 6.54 Å². The van der Waals surface area contributed by atoms with Crippen molar-refractivity contribution in [3.05, 3.63) is 0 Å². The highest BCUT2D eigenvalue weighted by Gasteiger charge is 1.56. The van der Waals surface area contributed by atoms with Crippen LogP contribution < -0.4 is 5.73 Å². The first-order valence-electron chi connectivity index (χ1n) is 3.22. The predicted octanol–water partition coefficient (Wildman–Crippen LogP) is 0.990. The molecule has 54 valence electrons. The molecule has 0 radical (unpaired) electrons. The van der Waals surface area contributed by atoms with Gasteiger partial charge < -0.3 is 10.8 Å². The number of nitrogens with two attached hydrogens (primary N) is 1. The highest BCUT2D eigenvalue weighted by Crippen LogP contribution is 1.33. The van der Waals surface area contributed by atoms with Gasteiger partial charge in [-0.3, -0.25) is 0 Å². The van der Waals surface area contributed by atoms with Crippen molar-refractivity contribution in [3.63, 3.8) is 0 Å². The van der Waals surface area contributed by atoms with Gasteiger partial charge in [-0.25, -0.2) is 0 Å². The number of aliphatic hydroxyl groups is 1. The van der Waals surface area contributed by atoms with Crippen LogP contribution in [0.4, 0.5) is 0 Å². The van der Waals surface area contributed by atoms with Crippen LogP contribution in [0.15, 0.2) is 0 Å². The average molecular weight is 121 g/mol. The minimum absolute atomic E-state index is 0.0972. The largest absolute Gasteiger partial charge is 0.395 e. The van der Waals surface area contributed by atoms with Crippen LogP contribution >= 0.6 is 0 Å². The summed E-state index contributed by atoms with van der Waals surface area (Å²) in [5.74, 6) is 0. The molecule has 0 aliphatic carbocycles. The summed E-state index contributed by atoms with van der Waals surface area (Å²) in [6.45, 7) is 8.47. The lowest BCUT2D eigenvalue weighted by atomic mass is 10.8. The normalized spacial score (nSPS) is 5.25. The number of rotatable bonds is 1. The van der Waals surface area contributed by atoms with Gasteiger partial charge in [-0.1, -0.05) is 27.7 Å². The van der Waals surface area contributed by atoms with E-state index < -0.39 is 0 Å². The zero-order valence-electron chi connectivity index (χ0n) is 6.44. The summed E-state index contributed by atoms with van der Waals surface area (Å²) in [7, 11) is 0. The van der Waals surface area contributed by atoms with Crippen molar-refractivity contribution in [1.29, 1.82) is 0 Å². The monoisotopic (exact) mass is 121 g/mol. The predicted molar refractivity (Wildman–Crippen MR) is 38.8 cm³/mol. The molecule has 0 aromatic carbocycles. The van der Waals surface area contributed by atoms with E-state index in [1.807, 2.05) is 27.7 Å². The molecule has 0 atom stereocenters. The Morgan fingerprint density at radius 1 is 1.12 bits per heavy atom. The van der Waals surface area contributed by atoms with Gasteiger partial charge in [0.15, 0.2) is 0 Å². The maximum absolute atomic E-state index is 7.75. The molecule has 0 spiro atoms. The molecule has 0 bridgehead atoms. The van der Waals surface area contributed by atoms with Crippen LogP contribution in [0.25, 0.3) is 0 Å². The molecule has 0 saturated carbocycles. The van der Waals surface area contributed by atoms with Gasteiger partial charge in [-0.05, 0) is 0 Å². The van der Waals surface area contributed by atoms with Crippen molar-refractivity contribution >= 4 is 0 Å². The second-order valence-corrected chi connectivity index (χ2v) is 0.512. The van der Waals surface area contributed by atoms with Crippen LogP contribution in [0, 0.1) is 0 Å². The number of aliphatic hydroxyl groups excluding tert-OH is 1. The zero-order valence-corrected chi connectivity index (χ0v) is 6.44. The second-order valence-electron chi connectivity index (χ2n) is 0.512. The minimum Gasteiger partial charge on any atom is -0.395 e. The summed E-state index contributed by atoms with van der Waals surface area (Å²) < 4.78 is 0. The van der Waals surface area contributed by atoms with Crippen molar-refractivity contribution in [2.24, 2.45) is 5.73 Å². The summed E-state index contributed by atoms with van der Waals surface area (Å²) in [4.78, 5) is 0. The van der Waals surface area contributed by atoms with E-state index in [2.05, 4.69) is 0 Å². The van der Waals surface area contributed by atoms with E-state index in [9.17, 15) is 0 Å². The van der Waals surface area contributed by atoms with Crippen LogP contribution in [0.3, 0.4) is 0 Å². The summed E-state index contributed by atoms with van der Waals surface area (Å²) in [5, 5.41) is 7.75. The molecular weight excluding hydrogens is 102 g/mol. The van der Waals surface area contributed by atoms with Gasteiger partial charge in [0.2, 0.25) is 0 Å². The van der Waals surface area contributed by atoms with E-state index in [1.165, 1.54) is 0 Å². The zero-order chi connectivity index (χ0) is 7.41. The molecule has 3 N–H and O–H groups in total. The fourth-order valence-electron chi connectivity index (χ4n) is 0. The van der Waals surface area contributed by atoms with Crippen molar-refractivity contribution in [3.8, 4) is 0 Å². The Kier molecular flexibility index (Phi) is 129. The molecule has 0 saturated heterocycles. The Bertz CT molecular complexity index is 10.5. The molecule has 2 nitrogen and oxygen atoms in total. The van der Waals surface area contributed by atoms with Crippen molar-refractivity contribution in [2.75, 3.05) is 13.2 Å². The molecule has 0 aromatic rings. The molecule has 0 fully saturated rings. The molecular formula is C6H19NO. The molecule has 2 heteroatoms. The molecule has 0 aliphatic rings. The Balaban J connectivity index is -0.0000000542. The van der Waals surface area contributed by atoms with Gasteiger partial charge in [-0.15, -0.1) is 0 Å². The first-order valence-corrected chi connectivity index (χ1v) is 3.22. The summed E-state index contributed by atoms with van der Waals surface area (Å²) in [6.07, 6.45) is 0. The number of hydrogen-bond acceptors (Lipinski definition) is 2. The van der Waals surface area contributed by atoms with Crippen molar-refractivity contribution in [2.45, 2.75) is 27.7 Å². The third-order valence-electron chi connectivity index (χ3n) is 0.129. The second kappa shape index (κ2) is 65.8. The van der Waals surface area contributed by atoms with Gasteiger partial charge in [0.05, 0.1) is 6.61 Å². The smallest absolute Gasteiger partial charge is 0.0553 e. The van der Waals surface area contributed by atoms with Gasteiger partial charge in [0, 0.05) is 6.54 Å². The van der Waals surface area contributed by atoms with Gasteiger partial charge in [0.1, 0.15) is 0 Å². The van der Waals surface area contributed by atoms with Crippen LogP contribution in [-0.2, 0) is 0 Å². The van der Waals surface area contributed by atoms with Crippen molar-refractivity contribution < 1.29 is 5.11 Å². The third-order valence-corrected chi connectivity index (χ3v) is 0.129. The van der Waals surface area contributed by atoms with Gasteiger partial charge >= 0.3 is 0 Å². The van der Waals surface area contributed by atoms with E-state index in [-0.39, 0.29) is 6.61 Å². The Labute approximate surface area is 52.7 Å². The van der Waals surface area contributed by atoms with Gasteiger partial charge in [-0.2, -0.15) is 0 Å². The molecule has 0 rings (SSSR count). The molecule has 0 aliphatic heterocycles. The van der Waals surface area contributed by atoms with E-state index in [4.69, 9.17) is 10.8 Å². The maximum atomic E-state index is 7.75. The van der Waals surface area contributed by atoms with E-state index in [1.54, 1.807) is 0 Å². The lowest BCUT2D eigenvalue weighted by molar-refractivity contribution is 0.306. The number of hydrogen-bond donors (Lipinski definition) is 2. The minimum atomic E-state index is 0.0972. The van der Waals surface area contributed by atoms with E-state index >= 15 is 0 Å². The highest BCUT2D eigenvalue weighted by molar-refractivity contribution is 4.17. The molecule has 0 heterocycles. The molecule has 8 heavy (non-hydrogen) atoms.